The maximum absolute atomic E-state index is 13.5. The van der Waals surface area contributed by atoms with Crippen LogP contribution in [0, 0.1) is 6.92 Å². The number of carbonyl (C=O) groups excluding carboxylic acids is 1. The maximum atomic E-state index is 13.5. The molecule has 220 valence electrons. The van der Waals surface area contributed by atoms with Crippen LogP contribution in [0.1, 0.15) is 32.0 Å². The lowest BCUT2D eigenvalue weighted by atomic mass is 10.1. The van der Waals surface area contributed by atoms with Crippen molar-refractivity contribution in [2.24, 2.45) is 0 Å². The summed E-state index contributed by atoms with van der Waals surface area (Å²) in [5.74, 6) is -1.55. The van der Waals surface area contributed by atoms with Gasteiger partial charge in [-0.05, 0) is 51.1 Å². The van der Waals surface area contributed by atoms with E-state index in [-0.39, 0.29) is 22.9 Å². The van der Waals surface area contributed by atoms with Crippen LogP contribution in [0.3, 0.4) is 0 Å². The van der Waals surface area contributed by atoms with Gasteiger partial charge in [-0.25, -0.2) is 13.1 Å². The highest BCUT2D eigenvalue weighted by Crippen LogP contribution is 2.39. The Balaban J connectivity index is 1.40. The minimum absolute atomic E-state index is 0.157. The van der Waals surface area contributed by atoms with Gasteiger partial charge in [0.15, 0.2) is 17.7 Å². The number of sulfonamides is 1. The van der Waals surface area contributed by atoms with Crippen molar-refractivity contribution in [3.8, 4) is 16.9 Å². The van der Waals surface area contributed by atoms with E-state index in [1.807, 2.05) is 6.92 Å². The molecule has 0 aliphatic carbocycles. The predicted molar refractivity (Wildman–Crippen MR) is 138 cm³/mol. The van der Waals surface area contributed by atoms with E-state index in [1.165, 1.54) is 31.2 Å². The summed E-state index contributed by atoms with van der Waals surface area (Å²) in [6.45, 7) is 6.28. The van der Waals surface area contributed by atoms with Crippen molar-refractivity contribution in [2.75, 3.05) is 6.61 Å². The number of ether oxygens (including phenoxy) is 4. The monoisotopic (exact) mass is 595 g/mol. The number of aryl methyl sites for hydroxylation is 1. The van der Waals surface area contributed by atoms with Crippen LogP contribution in [0.4, 0.5) is 13.2 Å². The van der Waals surface area contributed by atoms with Crippen molar-refractivity contribution in [1.29, 1.82) is 0 Å². The largest absolute Gasteiger partial charge is 0.463 e. The maximum Gasteiger partial charge on any atom is 0.435 e. The van der Waals surface area contributed by atoms with Gasteiger partial charge in [0.05, 0.1) is 16.3 Å². The Morgan fingerprint density at radius 2 is 1.71 bits per heavy atom. The second-order valence-corrected chi connectivity index (χ2v) is 12.0. The molecule has 1 unspecified atom stereocenters. The molecule has 10 nitrogen and oxygen atoms in total. The summed E-state index contributed by atoms with van der Waals surface area (Å²) in [6, 6.07) is 13.1. The highest BCUT2D eigenvalue weighted by molar-refractivity contribution is 7.89. The van der Waals surface area contributed by atoms with Crippen LogP contribution in [-0.4, -0.2) is 61.1 Å². The fourth-order valence-corrected chi connectivity index (χ4v) is 5.87. The van der Waals surface area contributed by atoms with Crippen molar-refractivity contribution in [2.45, 2.75) is 69.1 Å². The van der Waals surface area contributed by atoms with Crippen LogP contribution in [0.2, 0.25) is 0 Å². The zero-order valence-corrected chi connectivity index (χ0v) is 23.3. The third kappa shape index (κ3) is 6.16. The van der Waals surface area contributed by atoms with Gasteiger partial charge in [0.1, 0.15) is 24.9 Å². The molecule has 0 amide bonds. The summed E-state index contributed by atoms with van der Waals surface area (Å²) in [5, 5.41) is 3.75. The molecule has 2 aliphatic rings. The summed E-state index contributed by atoms with van der Waals surface area (Å²) in [5.41, 5.74) is 0.782. The zero-order valence-electron chi connectivity index (χ0n) is 22.5. The highest BCUT2D eigenvalue weighted by Gasteiger charge is 2.56. The number of halogens is 3. The van der Waals surface area contributed by atoms with Crippen LogP contribution in [0.25, 0.3) is 16.9 Å². The first kappa shape index (κ1) is 29.2. The van der Waals surface area contributed by atoms with Crippen molar-refractivity contribution in [3.63, 3.8) is 0 Å². The Hall–Kier alpha value is -3.30. The predicted octanol–water partition coefficient (Wildman–Crippen LogP) is 3.95. The van der Waals surface area contributed by atoms with Gasteiger partial charge in [0.25, 0.3) is 0 Å². The fraction of sp³-hybridized carbons (Fsp3) is 0.407. The molecular formula is C27H28F3N3O7S. The van der Waals surface area contributed by atoms with Crippen molar-refractivity contribution < 1.29 is 45.3 Å². The molecule has 41 heavy (non-hydrogen) atoms. The lowest BCUT2D eigenvalue weighted by molar-refractivity contribution is -0.193. The number of nitrogens with zero attached hydrogens (tertiary/aromatic N) is 2. The molecule has 4 atom stereocenters. The van der Waals surface area contributed by atoms with Crippen LogP contribution < -0.4 is 4.72 Å². The first-order valence-electron chi connectivity index (χ1n) is 12.6. The lowest BCUT2D eigenvalue weighted by Crippen LogP contribution is -2.43. The summed E-state index contributed by atoms with van der Waals surface area (Å²) in [7, 11) is -4.19. The van der Waals surface area contributed by atoms with E-state index in [9.17, 15) is 26.4 Å². The van der Waals surface area contributed by atoms with Gasteiger partial charge in [-0.2, -0.15) is 23.0 Å². The molecule has 0 radical (unpaired) electrons. The molecule has 14 heteroatoms. The average molecular weight is 596 g/mol. The molecular weight excluding hydrogens is 567 g/mol. The van der Waals surface area contributed by atoms with Gasteiger partial charge in [-0.1, -0.05) is 29.8 Å². The number of hydrogen-bond acceptors (Lipinski definition) is 8. The van der Waals surface area contributed by atoms with E-state index < -0.39 is 58.2 Å². The van der Waals surface area contributed by atoms with Gasteiger partial charge < -0.3 is 18.9 Å². The molecule has 1 N–H and O–H groups in total. The molecule has 0 saturated carbocycles. The average Bonchev–Trinajstić information content (AvgIpc) is 3.55. The van der Waals surface area contributed by atoms with E-state index >= 15 is 0 Å². The molecule has 5 rings (SSSR count). The summed E-state index contributed by atoms with van der Waals surface area (Å²) >= 11 is 0. The highest BCUT2D eigenvalue weighted by atomic mass is 32.2. The number of carbonyl (C=O) groups is 1. The van der Waals surface area contributed by atoms with Gasteiger partial charge in [0.2, 0.25) is 10.0 Å². The number of aromatic nitrogens is 2. The van der Waals surface area contributed by atoms with Crippen LogP contribution in [-0.2, 0) is 39.9 Å². The smallest absolute Gasteiger partial charge is 0.435 e. The quantitative estimate of drug-likeness (QED) is 0.408. The molecule has 2 aliphatic heterocycles. The van der Waals surface area contributed by atoms with Gasteiger partial charge in [0, 0.05) is 12.5 Å². The molecule has 2 fully saturated rings. The SMILES string of the molecule is CC(=O)OC[C@H]1OC(NS(=O)(=O)c2ccc(-n3nc(C(F)(F)F)cc3-c3ccc(C)cc3)cc2)[C@@H]2OC(C)(C)O[C@H]12. The van der Waals surface area contributed by atoms with Crippen LogP contribution in [0.15, 0.2) is 59.5 Å². The number of alkyl halides is 3. The second-order valence-electron chi connectivity index (χ2n) is 10.3. The lowest BCUT2D eigenvalue weighted by Gasteiger charge is -2.24. The molecule has 2 aromatic carbocycles. The Morgan fingerprint density at radius 3 is 2.32 bits per heavy atom. The summed E-state index contributed by atoms with van der Waals surface area (Å²) < 4.78 is 93.2. The number of nitrogens with one attached hydrogen (secondary N) is 1. The first-order valence-corrected chi connectivity index (χ1v) is 14.1. The van der Waals surface area contributed by atoms with E-state index in [0.717, 1.165) is 16.3 Å². The third-order valence-electron chi connectivity index (χ3n) is 6.61. The van der Waals surface area contributed by atoms with E-state index in [1.54, 1.807) is 38.1 Å². The Kier molecular flexibility index (Phi) is 7.49. The molecule has 1 aromatic heterocycles. The molecule has 2 saturated heterocycles. The molecule has 3 aromatic rings. The Bertz CT molecular complexity index is 1540. The topological polar surface area (TPSA) is 118 Å². The number of fused-ring (bicyclic) bond motifs is 1. The first-order chi connectivity index (χ1) is 19.1. The Labute approximate surface area is 234 Å². The number of hydrogen-bond donors (Lipinski definition) is 1. The molecule has 0 bridgehead atoms. The van der Waals surface area contributed by atoms with Crippen LogP contribution >= 0.6 is 0 Å². The van der Waals surface area contributed by atoms with Crippen LogP contribution in [0.5, 0.6) is 0 Å². The van der Waals surface area contributed by atoms with Gasteiger partial charge in [-0.15, -0.1) is 0 Å². The van der Waals surface area contributed by atoms with Gasteiger partial charge in [-0.3, -0.25) is 4.79 Å². The summed E-state index contributed by atoms with van der Waals surface area (Å²) in [4.78, 5) is 11.1. The van der Waals surface area contributed by atoms with Crippen molar-refractivity contribution in [3.05, 3.63) is 65.9 Å². The normalized spacial score (nSPS) is 23.9. The zero-order chi connectivity index (χ0) is 29.7. The van der Waals surface area contributed by atoms with Crippen molar-refractivity contribution >= 4 is 16.0 Å². The summed E-state index contributed by atoms with van der Waals surface area (Å²) in [6.07, 6.45) is -8.11. The minimum Gasteiger partial charge on any atom is -0.463 e. The van der Waals surface area contributed by atoms with E-state index in [2.05, 4.69) is 9.82 Å². The molecule has 0 spiro atoms. The number of esters is 1. The Morgan fingerprint density at radius 1 is 1.07 bits per heavy atom. The molecule has 3 heterocycles. The van der Waals surface area contributed by atoms with Gasteiger partial charge >= 0.3 is 12.1 Å². The minimum atomic E-state index is -4.68. The van der Waals surface area contributed by atoms with E-state index in [4.69, 9.17) is 18.9 Å². The van der Waals surface area contributed by atoms with Crippen molar-refractivity contribution in [1.82, 2.24) is 14.5 Å². The number of benzene rings is 2. The third-order valence-corrected chi connectivity index (χ3v) is 8.05. The second kappa shape index (κ2) is 10.5. The standard InChI is InChI=1S/C27H28F3N3O7S/c1-15-5-7-17(8-6-15)20-13-22(27(28,29)30)31-33(20)18-9-11-19(12-10-18)41(35,36)32-25-24-23(39-26(3,4)40-24)21(38-25)14-37-16(2)34/h5-13,21,23-25,32H,14H2,1-4H3/t21-,23-,24-,25?/m1/s1. The van der Waals surface area contributed by atoms with E-state index in [0.29, 0.717) is 5.56 Å². The number of rotatable bonds is 7. The fourth-order valence-electron chi connectivity index (χ4n) is 4.74.